The summed E-state index contributed by atoms with van der Waals surface area (Å²) < 4.78 is 0. The molecule has 3 nitrogen and oxygen atoms in total. The van der Waals surface area contributed by atoms with Gasteiger partial charge in [0.25, 0.3) is 0 Å². The maximum absolute atomic E-state index is 6.02. The molecular weight excluding hydrogens is 277 g/mol. The third-order valence-electron chi connectivity index (χ3n) is 2.84. The molecule has 0 saturated heterocycles. The van der Waals surface area contributed by atoms with Crippen LogP contribution in [0.3, 0.4) is 0 Å². The summed E-state index contributed by atoms with van der Waals surface area (Å²) >= 11 is 13.8. The number of hydrogen-bond acceptors (Lipinski definition) is 4. The molecule has 0 aliphatic heterocycles. The highest BCUT2D eigenvalue weighted by Gasteiger charge is 2.25. The van der Waals surface area contributed by atoms with E-state index in [0.29, 0.717) is 16.9 Å². The molecule has 0 radical (unpaired) electrons. The molecule has 1 aliphatic carbocycles. The summed E-state index contributed by atoms with van der Waals surface area (Å²) in [5.41, 5.74) is 0. The SMILES string of the molecule is CCSC1CCC(Nc2nc(Cl)ncc2Cl)C1. The van der Waals surface area contributed by atoms with Crippen LogP contribution in [0.4, 0.5) is 5.82 Å². The Morgan fingerprint density at radius 3 is 3.06 bits per heavy atom. The molecule has 6 heteroatoms. The van der Waals surface area contributed by atoms with Gasteiger partial charge in [0.15, 0.2) is 0 Å². The molecule has 1 aromatic rings. The Morgan fingerprint density at radius 1 is 1.47 bits per heavy atom. The van der Waals surface area contributed by atoms with E-state index >= 15 is 0 Å². The van der Waals surface area contributed by atoms with Crippen molar-refractivity contribution in [1.82, 2.24) is 9.97 Å². The van der Waals surface area contributed by atoms with E-state index in [1.54, 1.807) is 0 Å². The van der Waals surface area contributed by atoms with Crippen LogP contribution in [0.1, 0.15) is 26.2 Å². The van der Waals surface area contributed by atoms with Gasteiger partial charge in [-0.25, -0.2) is 4.98 Å². The average molecular weight is 292 g/mol. The Bertz CT molecular complexity index is 389. The number of hydrogen-bond donors (Lipinski definition) is 1. The van der Waals surface area contributed by atoms with Gasteiger partial charge in [-0.3, -0.25) is 0 Å². The minimum absolute atomic E-state index is 0.231. The lowest BCUT2D eigenvalue weighted by molar-refractivity contribution is 0.751. The number of nitrogens with one attached hydrogen (secondary N) is 1. The molecule has 0 amide bonds. The Hall–Kier alpha value is -0.190. The van der Waals surface area contributed by atoms with Crippen LogP contribution in [0.2, 0.25) is 10.3 Å². The van der Waals surface area contributed by atoms with Crippen LogP contribution in [0.15, 0.2) is 6.20 Å². The van der Waals surface area contributed by atoms with Crippen molar-refractivity contribution in [2.45, 2.75) is 37.5 Å². The van der Waals surface area contributed by atoms with Gasteiger partial charge in [0.1, 0.15) is 10.8 Å². The maximum Gasteiger partial charge on any atom is 0.224 e. The molecule has 0 spiro atoms. The fraction of sp³-hybridized carbons (Fsp3) is 0.636. The molecule has 0 aromatic carbocycles. The molecule has 1 saturated carbocycles. The van der Waals surface area contributed by atoms with Gasteiger partial charge in [0.05, 0.1) is 6.20 Å². The summed E-state index contributed by atoms with van der Waals surface area (Å²) in [6.07, 6.45) is 5.12. The van der Waals surface area contributed by atoms with Crippen LogP contribution in [0.25, 0.3) is 0 Å². The van der Waals surface area contributed by atoms with Gasteiger partial charge < -0.3 is 5.32 Å². The van der Waals surface area contributed by atoms with Crippen LogP contribution < -0.4 is 5.32 Å². The molecule has 2 rings (SSSR count). The van der Waals surface area contributed by atoms with Crippen LogP contribution >= 0.6 is 35.0 Å². The van der Waals surface area contributed by atoms with Crippen molar-refractivity contribution in [3.63, 3.8) is 0 Å². The number of halogens is 2. The molecule has 0 bridgehead atoms. The smallest absolute Gasteiger partial charge is 0.224 e. The largest absolute Gasteiger partial charge is 0.366 e. The fourth-order valence-corrected chi connectivity index (χ4v) is 3.52. The minimum atomic E-state index is 0.231. The molecule has 2 unspecified atom stereocenters. The van der Waals surface area contributed by atoms with Gasteiger partial charge in [-0.2, -0.15) is 16.7 Å². The molecule has 1 N–H and O–H groups in total. The minimum Gasteiger partial charge on any atom is -0.366 e. The zero-order chi connectivity index (χ0) is 12.3. The van der Waals surface area contributed by atoms with Crippen molar-refractivity contribution < 1.29 is 0 Å². The second-order valence-corrected chi connectivity index (χ2v) is 6.39. The van der Waals surface area contributed by atoms with E-state index in [1.807, 2.05) is 11.8 Å². The van der Waals surface area contributed by atoms with E-state index in [2.05, 4.69) is 22.2 Å². The Balaban J connectivity index is 1.95. The highest BCUT2D eigenvalue weighted by molar-refractivity contribution is 7.99. The van der Waals surface area contributed by atoms with E-state index < -0.39 is 0 Å². The lowest BCUT2D eigenvalue weighted by atomic mass is 10.2. The van der Waals surface area contributed by atoms with Gasteiger partial charge >= 0.3 is 0 Å². The monoisotopic (exact) mass is 291 g/mol. The Kier molecular flexibility index (Phi) is 4.77. The fourth-order valence-electron chi connectivity index (χ4n) is 2.10. The van der Waals surface area contributed by atoms with Gasteiger partial charge in [0, 0.05) is 11.3 Å². The average Bonchev–Trinajstić information content (AvgIpc) is 2.72. The number of aromatic nitrogens is 2. The lowest BCUT2D eigenvalue weighted by Crippen LogP contribution is -2.17. The third kappa shape index (κ3) is 3.63. The zero-order valence-corrected chi connectivity index (χ0v) is 11.9. The van der Waals surface area contributed by atoms with Crippen LogP contribution in [0.5, 0.6) is 0 Å². The predicted molar refractivity (Wildman–Crippen MR) is 75.2 cm³/mol. The summed E-state index contributed by atoms with van der Waals surface area (Å²) in [6.45, 7) is 2.20. The second kappa shape index (κ2) is 6.12. The topological polar surface area (TPSA) is 37.8 Å². The lowest BCUT2D eigenvalue weighted by Gasteiger charge is -2.14. The van der Waals surface area contributed by atoms with Crippen molar-refractivity contribution in [3.8, 4) is 0 Å². The van der Waals surface area contributed by atoms with Crippen LogP contribution in [0, 0.1) is 0 Å². The van der Waals surface area contributed by atoms with E-state index in [9.17, 15) is 0 Å². The summed E-state index contributed by atoms with van der Waals surface area (Å²) in [4.78, 5) is 7.95. The standard InChI is InChI=1S/C11H15Cl2N3S/c1-2-17-8-4-3-7(5-8)15-10-9(12)6-14-11(13)16-10/h6-8H,2-5H2,1H3,(H,14,15,16). The van der Waals surface area contributed by atoms with Crippen molar-refractivity contribution in [1.29, 1.82) is 0 Å². The van der Waals surface area contributed by atoms with E-state index in [0.717, 1.165) is 18.1 Å². The highest BCUT2D eigenvalue weighted by atomic mass is 35.5. The van der Waals surface area contributed by atoms with Gasteiger partial charge in [-0.05, 0) is 36.6 Å². The molecule has 94 valence electrons. The van der Waals surface area contributed by atoms with Crippen molar-refractivity contribution in [2.24, 2.45) is 0 Å². The molecule has 1 heterocycles. The maximum atomic E-state index is 6.02. The molecule has 17 heavy (non-hydrogen) atoms. The summed E-state index contributed by atoms with van der Waals surface area (Å²) in [6, 6.07) is 0.447. The first-order valence-corrected chi connectivity index (χ1v) is 7.55. The highest BCUT2D eigenvalue weighted by Crippen LogP contribution is 2.32. The normalized spacial score (nSPS) is 23.9. The van der Waals surface area contributed by atoms with Crippen molar-refractivity contribution in [3.05, 3.63) is 16.5 Å². The second-order valence-electron chi connectivity index (χ2n) is 4.07. The van der Waals surface area contributed by atoms with Gasteiger partial charge in [0.2, 0.25) is 5.28 Å². The van der Waals surface area contributed by atoms with Gasteiger partial charge in [-0.15, -0.1) is 0 Å². The first-order chi connectivity index (χ1) is 8.19. The molecule has 2 atom stereocenters. The van der Waals surface area contributed by atoms with Crippen LogP contribution in [-0.4, -0.2) is 27.0 Å². The summed E-state index contributed by atoms with van der Waals surface area (Å²) in [5, 5.41) is 4.88. The van der Waals surface area contributed by atoms with Crippen molar-refractivity contribution >= 4 is 40.8 Å². The Labute approximate surface area is 116 Å². The zero-order valence-electron chi connectivity index (χ0n) is 9.62. The number of nitrogens with zero attached hydrogens (tertiary/aromatic N) is 2. The Morgan fingerprint density at radius 2 is 2.29 bits per heavy atom. The molecule has 1 aliphatic rings. The van der Waals surface area contributed by atoms with Gasteiger partial charge in [-0.1, -0.05) is 18.5 Å². The third-order valence-corrected chi connectivity index (χ3v) is 4.53. The summed E-state index contributed by atoms with van der Waals surface area (Å²) in [5.74, 6) is 1.83. The van der Waals surface area contributed by atoms with Crippen LogP contribution in [-0.2, 0) is 0 Å². The quantitative estimate of drug-likeness (QED) is 0.855. The summed E-state index contributed by atoms with van der Waals surface area (Å²) in [7, 11) is 0. The number of rotatable bonds is 4. The first kappa shape index (κ1) is 13.2. The number of thioether (sulfide) groups is 1. The van der Waals surface area contributed by atoms with E-state index in [4.69, 9.17) is 23.2 Å². The van der Waals surface area contributed by atoms with E-state index in [1.165, 1.54) is 18.4 Å². The van der Waals surface area contributed by atoms with Crippen molar-refractivity contribution in [2.75, 3.05) is 11.1 Å². The molecular formula is C11H15Cl2N3S. The number of anilines is 1. The molecule has 1 aromatic heterocycles. The first-order valence-electron chi connectivity index (χ1n) is 5.75. The molecule has 1 fully saturated rings. The van der Waals surface area contributed by atoms with E-state index in [-0.39, 0.29) is 5.28 Å². The predicted octanol–water partition coefficient (Wildman–Crippen LogP) is 3.87.